The molecule has 0 saturated carbocycles. The van der Waals surface area contributed by atoms with Crippen LogP contribution in [-0.2, 0) is 0 Å². The van der Waals surface area contributed by atoms with Crippen molar-refractivity contribution in [2.24, 2.45) is 0 Å². The van der Waals surface area contributed by atoms with Crippen LogP contribution in [-0.4, -0.2) is 29.3 Å². The Labute approximate surface area is 151 Å². The van der Waals surface area contributed by atoms with E-state index >= 15 is 0 Å². The zero-order valence-corrected chi connectivity index (χ0v) is 14.4. The van der Waals surface area contributed by atoms with Gasteiger partial charge >= 0.3 is 5.69 Å². The number of halogens is 1. The van der Waals surface area contributed by atoms with Crippen molar-refractivity contribution in [2.45, 2.75) is 10.1 Å². The number of ether oxygens (including phenoxy) is 2. The molecule has 26 heavy (non-hydrogen) atoms. The predicted molar refractivity (Wildman–Crippen MR) is 90.0 cm³/mol. The molecular formula is C16H12FN3O5S. The fourth-order valence-corrected chi connectivity index (χ4v) is 2.95. The first-order valence-electron chi connectivity index (χ1n) is 7.19. The summed E-state index contributed by atoms with van der Waals surface area (Å²) in [5.74, 6) is 0.0313. The Morgan fingerprint density at radius 3 is 2.42 bits per heavy atom. The van der Waals surface area contributed by atoms with Gasteiger partial charge in [0, 0.05) is 17.7 Å². The van der Waals surface area contributed by atoms with Gasteiger partial charge in [-0.05, 0) is 36.0 Å². The van der Waals surface area contributed by atoms with E-state index in [1.807, 2.05) is 0 Å². The number of nitrogens with zero attached hydrogens (tertiary/aromatic N) is 3. The molecule has 3 rings (SSSR count). The molecule has 0 N–H and O–H groups in total. The van der Waals surface area contributed by atoms with E-state index < -0.39 is 16.4 Å². The van der Waals surface area contributed by atoms with E-state index in [4.69, 9.17) is 13.9 Å². The second-order valence-corrected chi connectivity index (χ2v) is 5.91. The standard InChI is InChI=1S/C16H12FN3O5S/c1-23-10-5-3-9(4-6-10)15-18-19-16(25-15)26-13-8-11(24-2)7-12(17)14(13)20(21)22/h3-8H,1-2H3. The number of aromatic nitrogens is 2. The second kappa shape index (κ2) is 7.40. The lowest BCUT2D eigenvalue weighted by Crippen LogP contribution is -1.96. The number of nitro benzene ring substituents is 1. The molecule has 0 unspecified atom stereocenters. The van der Waals surface area contributed by atoms with E-state index in [0.717, 1.165) is 17.8 Å². The van der Waals surface area contributed by atoms with E-state index in [1.54, 1.807) is 31.4 Å². The number of rotatable bonds is 6. The zero-order valence-electron chi connectivity index (χ0n) is 13.6. The van der Waals surface area contributed by atoms with Crippen LogP contribution in [0.4, 0.5) is 10.1 Å². The first-order valence-corrected chi connectivity index (χ1v) is 8.01. The molecule has 10 heteroatoms. The van der Waals surface area contributed by atoms with Crippen LogP contribution >= 0.6 is 11.8 Å². The third-order valence-electron chi connectivity index (χ3n) is 3.36. The van der Waals surface area contributed by atoms with Gasteiger partial charge < -0.3 is 13.9 Å². The number of benzene rings is 2. The predicted octanol–water partition coefficient (Wildman–Crippen LogP) is 3.95. The molecule has 0 amide bonds. The van der Waals surface area contributed by atoms with E-state index in [9.17, 15) is 14.5 Å². The van der Waals surface area contributed by atoms with Gasteiger partial charge in [-0.2, -0.15) is 4.39 Å². The van der Waals surface area contributed by atoms with Crippen molar-refractivity contribution in [2.75, 3.05) is 14.2 Å². The van der Waals surface area contributed by atoms with E-state index in [1.165, 1.54) is 13.2 Å². The summed E-state index contributed by atoms with van der Waals surface area (Å²) in [4.78, 5) is 10.3. The van der Waals surface area contributed by atoms with Crippen LogP contribution in [0.2, 0.25) is 0 Å². The van der Waals surface area contributed by atoms with Crippen LogP contribution in [0.25, 0.3) is 11.5 Å². The van der Waals surface area contributed by atoms with Crippen LogP contribution in [0.15, 0.2) is 50.9 Å². The van der Waals surface area contributed by atoms with E-state index in [2.05, 4.69) is 10.2 Å². The summed E-state index contributed by atoms with van der Waals surface area (Å²) >= 11 is 0.783. The maximum absolute atomic E-state index is 14.0. The highest BCUT2D eigenvalue weighted by atomic mass is 32.2. The SMILES string of the molecule is COc1ccc(-c2nnc(Sc3cc(OC)cc(F)c3[N+](=O)[O-])o2)cc1. The first kappa shape index (κ1) is 17.7. The zero-order chi connectivity index (χ0) is 18.7. The van der Waals surface area contributed by atoms with Crippen LogP contribution in [0.1, 0.15) is 0 Å². The number of hydrogen-bond donors (Lipinski definition) is 0. The Balaban J connectivity index is 1.91. The van der Waals surface area contributed by atoms with Crippen molar-refractivity contribution in [3.63, 3.8) is 0 Å². The Morgan fingerprint density at radius 1 is 1.12 bits per heavy atom. The van der Waals surface area contributed by atoms with Crippen LogP contribution < -0.4 is 9.47 Å². The third kappa shape index (κ3) is 3.59. The highest BCUT2D eigenvalue weighted by Crippen LogP contribution is 2.39. The lowest BCUT2D eigenvalue weighted by Gasteiger charge is -2.04. The molecule has 0 aliphatic heterocycles. The minimum atomic E-state index is -1.01. The summed E-state index contributed by atoms with van der Waals surface area (Å²) in [7, 11) is 2.89. The minimum absolute atomic E-state index is 0.00298. The van der Waals surface area contributed by atoms with Gasteiger partial charge in [0.15, 0.2) is 0 Å². The van der Waals surface area contributed by atoms with Gasteiger partial charge in [-0.1, -0.05) is 0 Å². The Kier molecular flexibility index (Phi) is 5.03. The summed E-state index contributed by atoms with van der Waals surface area (Å²) in [6.07, 6.45) is 0. The van der Waals surface area contributed by atoms with Gasteiger partial charge in [0.25, 0.3) is 5.22 Å². The molecule has 0 atom stereocenters. The Bertz CT molecular complexity index is 946. The summed E-state index contributed by atoms with van der Waals surface area (Å²) in [5.41, 5.74) is -0.0310. The fraction of sp³-hybridized carbons (Fsp3) is 0.125. The summed E-state index contributed by atoms with van der Waals surface area (Å²) in [6.45, 7) is 0. The molecule has 0 aliphatic carbocycles. The van der Waals surface area contributed by atoms with Crippen molar-refractivity contribution in [1.29, 1.82) is 0 Å². The highest BCUT2D eigenvalue weighted by Gasteiger charge is 2.25. The molecular weight excluding hydrogens is 365 g/mol. The lowest BCUT2D eigenvalue weighted by molar-refractivity contribution is -0.390. The number of nitro groups is 1. The maximum Gasteiger partial charge on any atom is 0.319 e. The van der Waals surface area contributed by atoms with Gasteiger partial charge in [0.1, 0.15) is 16.4 Å². The quantitative estimate of drug-likeness (QED) is 0.470. The Morgan fingerprint density at radius 2 is 1.81 bits per heavy atom. The molecule has 0 radical (unpaired) electrons. The first-order chi connectivity index (χ1) is 12.5. The molecule has 0 aliphatic rings. The smallest absolute Gasteiger partial charge is 0.319 e. The van der Waals surface area contributed by atoms with Gasteiger partial charge in [-0.25, -0.2) is 0 Å². The average molecular weight is 377 g/mol. The van der Waals surface area contributed by atoms with E-state index in [-0.39, 0.29) is 21.8 Å². The Hall–Kier alpha value is -3.14. The molecule has 2 aromatic carbocycles. The van der Waals surface area contributed by atoms with Gasteiger partial charge in [0.2, 0.25) is 11.7 Å². The lowest BCUT2D eigenvalue weighted by atomic mass is 10.2. The molecule has 0 spiro atoms. The van der Waals surface area contributed by atoms with Crippen molar-refractivity contribution < 1.29 is 23.2 Å². The molecule has 1 heterocycles. The molecule has 1 aromatic heterocycles. The van der Waals surface area contributed by atoms with Crippen LogP contribution in [0.3, 0.4) is 0 Å². The largest absolute Gasteiger partial charge is 0.497 e. The van der Waals surface area contributed by atoms with E-state index in [0.29, 0.717) is 11.3 Å². The van der Waals surface area contributed by atoms with Crippen molar-refractivity contribution in [3.05, 3.63) is 52.3 Å². The number of methoxy groups -OCH3 is 2. The molecule has 3 aromatic rings. The fourth-order valence-electron chi connectivity index (χ4n) is 2.12. The molecule has 0 fully saturated rings. The third-order valence-corrected chi connectivity index (χ3v) is 4.23. The topological polar surface area (TPSA) is 101 Å². The average Bonchev–Trinajstić information content (AvgIpc) is 3.09. The monoisotopic (exact) mass is 377 g/mol. The van der Waals surface area contributed by atoms with Crippen LogP contribution in [0.5, 0.6) is 11.5 Å². The summed E-state index contributed by atoms with van der Waals surface area (Å²) in [5, 5.41) is 18.9. The molecule has 8 nitrogen and oxygen atoms in total. The van der Waals surface area contributed by atoms with Crippen molar-refractivity contribution >= 4 is 17.4 Å². The minimum Gasteiger partial charge on any atom is -0.497 e. The molecule has 134 valence electrons. The second-order valence-electron chi connectivity index (χ2n) is 4.92. The van der Waals surface area contributed by atoms with Gasteiger partial charge in [-0.15, -0.1) is 10.2 Å². The molecule has 0 bridgehead atoms. The summed E-state index contributed by atoms with van der Waals surface area (Å²) in [6, 6.07) is 9.20. The van der Waals surface area contributed by atoms with Crippen LogP contribution in [0, 0.1) is 15.9 Å². The highest BCUT2D eigenvalue weighted by molar-refractivity contribution is 7.99. The molecule has 0 saturated heterocycles. The normalized spacial score (nSPS) is 10.6. The van der Waals surface area contributed by atoms with Gasteiger partial charge in [-0.3, -0.25) is 10.1 Å². The van der Waals surface area contributed by atoms with Gasteiger partial charge in [0.05, 0.1) is 19.1 Å². The number of hydrogen-bond acceptors (Lipinski definition) is 8. The van der Waals surface area contributed by atoms with Crippen molar-refractivity contribution in [1.82, 2.24) is 10.2 Å². The maximum atomic E-state index is 14.0. The van der Waals surface area contributed by atoms with Crippen molar-refractivity contribution in [3.8, 4) is 23.0 Å². The summed E-state index contributed by atoms with van der Waals surface area (Å²) < 4.78 is 29.5.